The number of nitrogens with zero attached hydrogens (tertiary/aromatic N) is 3. The number of aliphatic hydroxyl groups is 2. The van der Waals surface area contributed by atoms with Gasteiger partial charge < -0.3 is 24.5 Å². The minimum atomic E-state index is -0.446. The second-order valence-electron chi connectivity index (χ2n) is 10.5. The van der Waals surface area contributed by atoms with E-state index in [0.717, 1.165) is 94.2 Å². The molecule has 0 saturated carbocycles. The molecule has 7 heteroatoms. The first kappa shape index (κ1) is 23.0. The molecule has 186 valence electrons. The van der Waals surface area contributed by atoms with Crippen molar-refractivity contribution in [2.24, 2.45) is 0 Å². The SMILES string of the molecule is OC(CCCN1CCC(c2noc3cc(F)ccc23)CC1)c1cc2c3c(c1)CCC(O)N3CCC2. The summed E-state index contributed by atoms with van der Waals surface area (Å²) in [7, 11) is 0. The largest absolute Gasteiger partial charge is 0.388 e. The lowest BCUT2D eigenvalue weighted by atomic mass is 9.87. The Morgan fingerprint density at radius 1 is 1.06 bits per heavy atom. The molecule has 3 aliphatic rings. The molecule has 4 heterocycles. The van der Waals surface area contributed by atoms with Gasteiger partial charge in [0.1, 0.15) is 12.0 Å². The Morgan fingerprint density at radius 2 is 1.86 bits per heavy atom. The summed E-state index contributed by atoms with van der Waals surface area (Å²) >= 11 is 0. The zero-order chi connectivity index (χ0) is 23.9. The highest BCUT2D eigenvalue weighted by Crippen LogP contribution is 2.39. The van der Waals surface area contributed by atoms with Crippen LogP contribution in [0, 0.1) is 5.82 Å². The summed E-state index contributed by atoms with van der Waals surface area (Å²) in [6, 6.07) is 9.00. The standard InChI is InChI=1S/C28H34FN3O3/c29-22-6-7-23-25(17-22)35-30-27(23)18-9-13-31(14-10-18)11-2-4-24(33)21-15-19-3-1-12-32-26(34)8-5-20(16-21)28(19)32/h6-7,15-18,24,26,33-34H,1-5,8-14H2. The monoisotopic (exact) mass is 479 g/mol. The molecule has 2 N–H and O–H groups in total. The topological polar surface area (TPSA) is 73.0 Å². The van der Waals surface area contributed by atoms with Crippen molar-refractivity contribution in [1.82, 2.24) is 10.1 Å². The Hall–Kier alpha value is -2.48. The molecule has 2 aromatic carbocycles. The van der Waals surface area contributed by atoms with Crippen molar-refractivity contribution in [3.05, 3.63) is 58.5 Å². The van der Waals surface area contributed by atoms with E-state index in [1.807, 2.05) is 0 Å². The number of aromatic nitrogens is 1. The van der Waals surface area contributed by atoms with Gasteiger partial charge in [0.15, 0.2) is 5.58 Å². The molecule has 2 atom stereocenters. The van der Waals surface area contributed by atoms with Crippen molar-refractivity contribution < 1.29 is 19.1 Å². The van der Waals surface area contributed by atoms with Crippen molar-refractivity contribution in [1.29, 1.82) is 0 Å². The molecule has 2 unspecified atom stereocenters. The molecule has 0 radical (unpaired) electrons. The Labute approximate surface area is 205 Å². The molecule has 1 fully saturated rings. The summed E-state index contributed by atoms with van der Waals surface area (Å²) in [4.78, 5) is 4.62. The van der Waals surface area contributed by atoms with E-state index in [4.69, 9.17) is 4.52 Å². The normalized spacial score (nSPS) is 21.9. The van der Waals surface area contributed by atoms with Crippen LogP contribution in [-0.2, 0) is 12.8 Å². The van der Waals surface area contributed by atoms with Crippen molar-refractivity contribution in [2.45, 2.75) is 69.6 Å². The number of benzene rings is 2. The van der Waals surface area contributed by atoms with Crippen molar-refractivity contribution in [2.75, 3.05) is 31.1 Å². The van der Waals surface area contributed by atoms with Crippen molar-refractivity contribution in [3.63, 3.8) is 0 Å². The van der Waals surface area contributed by atoms with E-state index in [1.54, 1.807) is 6.07 Å². The molecule has 1 aromatic heterocycles. The predicted molar refractivity (Wildman–Crippen MR) is 133 cm³/mol. The van der Waals surface area contributed by atoms with Gasteiger partial charge in [-0.05, 0) is 99.8 Å². The van der Waals surface area contributed by atoms with Crippen molar-refractivity contribution >= 4 is 16.7 Å². The van der Waals surface area contributed by atoms with Crippen LogP contribution in [-0.4, -0.2) is 52.7 Å². The fourth-order valence-electron chi connectivity index (χ4n) is 6.35. The fourth-order valence-corrected chi connectivity index (χ4v) is 6.35. The van der Waals surface area contributed by atoms with E-state index in [2.05, 4.69) is 27.1 Å². The van der Waals surface area contributed by atoms with Gasteiger partial charge >= 0.3 is 0 Å². The first-order chi connectivity index (χ1) is 17.1. The molecule has 1 saturated heterocycles. The lowest BCUT2D eigenvalue weighted by molar-refractivity contribution is 0.146. The summed E-state index contributed by atoms with van der Waals surface area (Å²) in [5.74, 6) is 0.0434. The molecule has 3 aliphatic heterocycles. The van der Waals surface area contributed by atoms with Gasteiger partial charge in [-0.25, -0.2) is 4.39 Å². The minimum absolute atomic E-state index is 0.298. The Balaban J connectivity index is 1.03. The van der Waals surface area contributed by atoms with Gasteiger partial charge in [-0.2, -0.15) is 0 Å². The number of hydrogen-bond donors (Lipinski definition) is 2. The summed E-state index contributed by atoms with van der Waals surface area (Å²) in [6.07, 6.45) is 6.64. The van der Waals surface area contributed by atoms with Crippen molar-refractivity contribution in [3.8, 4) is 0 Å². The van der Waals surface area contributed by atoms with Gasteiger partial charge in [-0.15, -0.1) is 0 Å². The number of fused-ring (bicyclic) bond motifs is 1. The summed E-state index contributed by atoms with van der Waals surface area (Å²) in [5, 5.41) is 26.5. The van der Waals surface area contributed by atoms with Crippen LogP contribution < -0.4 is 4.90 Å². The zero-order valence-corrected chi connectivity index (χ0v) is 20.1. The second kappa shape index (κ2) is 9.52. The molecule has 0 amide bonds. The highest BCUT2D eigenvalue weighted by atomic mass is 19.1. The van der Waals surface area contributed by atoms with Gasteiger partial charge in [0.2, 0.25) is 0 Å². The van der Waals surface area contributed by atoms with Crippen LogP contribution in [0.3, 0.4) is 0 Å². The van der Waals surface area contributed by atoms with E-state index in [-0.39, 0.29) is 12.0 Å². The fraction of sp³-hybridized carbons (Fsp3) is 0.536. The lowest BCUT2D eigenvalue weighted by Gasteiger charge is -2.40. The number of rotatable bonds is 6. The Morgan fingerprint density at radius 3 is 2.69 bits per heavy atom. The maximum Gasteiger partial charge on any atom is 0.170 e. The molecule has 3 aromatic rings. The molecule has 0 bridgehead atoms. The molecule has 0 aliphatic carbocycles. The van der Waals surface area contributed by atoms with Crippen LogP contribution in [0.15, 0.2) is 34.9 Å². The third-order valence-corrected chi connectivity index (χ3v) is 8.23. The number of piperidine rings is 1. The van der Waals surface area contributed by atoms with Gasteiger partial charge in [0.05, 0.1) is 11.8 Å². The van der Waals surface area contributed by atoms with Crippen LogP contribution in [0.5, 0.6) is 0 Å². The first-order valence-electron chi connectivity index (χ1n) is 13.1. The van der Waals surface area contributed by atoms with Crippen LogP contribution in [0.4, 0.5) is 10.1 Å². The highest BCUT2D eigenvalue weighted by molar-refractivity contribution is 5.79. The molecule has 35 heavy (non-hydrogen) atoms. The second-order valence-corrected chi connectivity index (χ2v) is 10.5. The maximum atomic E-state index is 13.4. The van der Waals surface area contributed by atoms with Gasteiger partial charge in [-0.1, -0.05) is 17.3 Å². The predicted octanol–water partition coefficient (Wildman–Crippen LogP) is 4.68. The highest BCUT2D eigenvalue weighted by Gasteiger charge is 2.30. The number of halogens is 1. The Kier molecular flexibility index (Phi) is 6.25. The average Bonchev–Trinajstić information content (AvgIpc) is 3.29. The third-order valence-electron chi connectivity index (χ3n) is 8.23. The number of aliphatic hydroxyl groups excluding tert-OH is 2. The van der Waals surface area contributed by atoms with E-state index in [1.165, 1.54) is 28.9 Å². The molecule has 0 spiro atoms. The molecule has 6 nitrogen and oxygen atoms in total. The quantitative estimate of drug-likeness (QED) is 0.535. The van der Waals surface area contributed by atoms with E-state index < -0.39 is 6.10 Å². The van der Waals surface area contributed by atoms with E-state index in [0.29, 0.717) is 11.5 Å². The van der Waals surface area contributed by atoms with E-state index in [9.17, 15) is 14.6 Å². The Bertz CT molecular complexity index is 1190. The first-order valence-corrected chi connectivity index (χ1v) is 13.1. The third kappa shape index (κ3) is 4.46. The molecular weight excluding hydrogens is 445 g/mol. The van der Waals surface area contributed by atoms with Crippen LogP contribution in [0.2, 0.25) is 0 Å². The van der Waals surface area contributed by atoms with Gasteiger partial charge in [0.25, 0.3) is 0 Å². The van der Waals surface area contributed by atoms with Gasteiger partial charge in [0, 0.05) is 29.6 Å². The zero-order valence-electron chi connectivity index (χ0n) is 20.1. The maximum absolute atomic E-state index is 13.4. The lowest BCUT2D eigenvalue weighted by Crippen LogP contribution is -2.42. The van der Waals surface area contributed by atoms with Gasteiger partial charge in [-0.3, -0.25) is 0 Å². The van der Waals surface area contributed by atoms with Crippen LogP contribution in [0.25, 0.3) is 11.0 Å². The summed E-state index contributed by atoms with van der Waals surface area (Å²) in [5.41, 5.74) is 6.30. The minimum Gasteiger partial charge on any atom is -0.388 e. The number of aryl methyl sites for hydroxylation is 2. The molecule has 6 rings (SSSR count). The van der Waals surface area contributed by atoms with Crippen LogP contribution >= 0.6 is 0 Å². The average molecular weight is 480 g/mol. The molecular formula is C28H34FN3O3. The van der Waals surface area contributed by atoms with Crippen LogP contribution in [0.1, 0.15) is 72.9 Å². The number of hydrogen-bond acceptors (Lipinski definition) is 6. The number of likely N-dealkylation sites (tertiary alicyclic amines) is 1. The number of anilines is 1. The smallest absolute Gasteiger partial charge is 0.170 e. The van der Waals surface area contributed by atoms with E-state index >= 15 is 0 Å². The summed E-state index contributed by atoms with van der Waals surface area (Å²) < 4.78 is 18.8. The summed E-state index contributed by atoms with van der Waals surface area (Å²) in [6.45, 7) is 3.90.